The molecule has 144 valence electrons. The van der Waals surface area contributed by atoms with Crippen molar-refractivity contribution in [1.29, 1.82) is 0 Å². The lowest BCUT2D eigenvalue weighted by molar-refractivity contribution is -0.151. The number of esters is 1. The van der Waals surface area contributed by atoms with E-state index in [1.165, 1.54) is 14.2 Å². The van der Waals surface area contributed by atoms with Gasteiger partial charge in [0.15, 0.2) is 11.6 Å². The molecule has 1 N–H and O–H groups in total. The van der Waals surface area contributed by atoms with Crippen molar-refractivity contribution >= 4 is 22.6 Å². The lowest BCUT2D eigenvalue weighted by Crippen LogP contribution is -2.47. The molecule has 0 heterocycles. The fourth-order valence-corrected chi connectivity index (χ4v) is 3.14. The van der Waals surface area contributed by atoms with Crippen molar-refractivity contribution in [3.63, 3.8) is 0 Å². The van der Waals surface area contributed by atoms with Crippen molar-refractivity contribution in [2.75, 3.05) is 14.2 Å². The average Bonchev–Trinajstić information content (AvgIpc) is 2.76. The minimum absolute atomic E-state index is 0.426. The van der Waals surface area contributed by atoms with Crippen LogP contribution in [-0.2, 0) is 24.7 Å². The van der Waals surface area contributed by atoms with Gasteiger partial charge in [-0.25, -0.2) is 4.79 Å². The number of methoxy groups -OCH3 is 2. The Kier molecular flexibility index (Phi) is 5.76. The van der Waals surface area contributed by atoms with Crippen molar-refractivity contribution in [1.82, 2.24) is 5.32 Å². The maximum atomic E-state index is 13.2. The van der Waals surface area contributed by atoms with Gasteiger partial charge in [-0.2, -0.15) is 0 Å². The van der Waals surface area contributed by atoms with Gasteiger partial charge < -0.3 is 14.8 Å². The number of hydrogen-bond acceptors (Lipinski definition) is 4. The number of nitrogens with one attached hydrogen (secondary N) is 1. The van der Waals surface area contributed by atoms with Crippen LogP contribution in [0.5, 0.6) is 0 Å². The molecule has 0 fully saturated rings. The molecule has 0 saturated heterocycles. The molecule has 0 aliphatic heterocycles. The van der Waals surface area contributed by atoms with Crippen molar-refractivity contribution in [3.05, 3.63) is 83.9 Å². The van der Waals surface area contributed by atoms with Crippen molar-refractivity contribution in [2.45, 2.75) is 18.6 Å². The van der Waals surface area contributed by atoms with Crippen LogP contribution in [0.3, 0.4) is 0 Å². The number of carbonyl (C=O) groups is 2. The standard InChI is InChI=1S/C23H23NO4/c1-23(28-3,19-14-13-16-9-7-8-12-18(16)15-19)22(26)24-20(21(25)27-2)17-10-5-4-6-11-17/h4-15,20H,1-3H3,(H,24,26)/t20-,23-/m1/s1. The van der Waals surface area contributed by atoms with Crippen molar-refractivity contribution in [3.8, 4) is 0 Å². The highest BCUT2D eigenvalue weighted by atomic mass is 16.5. The smallest absolute Gasteiger partial charge is 0.333 e. The summed E-state index contributed by atoms with van der Waals surface area (Å²) in [7, 11) is 2.77. The molecule has 5 nitrogen and oxygen atoms in total. The molecule has 3 rings (SSSR count). The summed E-state index contributed by atoms with van der Waals surface area (Å²) in [5.41, 5.74) is 0.0630. The van der Waals surface area contributed by atoms with E-state index < -0.39 is 23.5 Å². The molecule has 28 heavy (non-hydrogen) atoms. The van der Waals surface area contributed by atoms with Gasteiger partial charge in [0.05, 0.1) is 7.11 Å². The predicted octanol–water partition coefficient (Wildman–Crippen LogP) is 3.73. The van der Waals surface area contributed by atoms with E-state index in [1.54, 1.807) is 31.2 Å². The van der Waals surface area contributed by atoms with Gasteiger partial charge in [-0.3, -0.25) is 4.79 Å². The Balaban J connectivity index is 1.95. The van der Waals surface area contributed by atoms with E-state index >= 15 is 0 Å². The second-order valence-corrected chi connectivity index (χ2v) is 6.64. The fraction of sp³-hybridized carbons (Fsp3) is 0.217. The topological polar surface area (TPSA) is 64.6 Å². The molecule has 3 aromatic rings. The van der Waals surface area contributed by atoms with Crippen LogP contribution in [0.4, 0.5) is 0 Å². The first-order valence-electron chi connectivity index (χ1n) is 8.98. The summed E-state index contributed by atoms with van der Waals surface area (Å²) in [6.07, 6.45) is 0. The first-order valence-corrected chi connectivity index (χ1v) is 8.98. The summed E-state index contributed by atoms with van der Waals surface area (Å²) in [5, 5.41) is 4.86. The quantitative estimate of drug-likeness (QED) is 0.665. The Morgan fingerprint density at radius 3 is 2.18 bits per heavy atom. The number of hydrogen-bond donors (Lipinski definition) is 1. The molecule has 0 aliphatic carbocycles. The number of rotatable bonds is 6. The fourth-order valence-electron chi connectivity index (χ4n) is 3.14. The van der Waals surface area contributed by atoms with Gasteiger partial charge in [0.25, 0.3) is 5.91 Å². The second-order valence-electron chi connectivity index (χ2n) is 6.64. The van der Waals surface area contributed by atoms with E-state index in [-0.39, 0.29) is 0 Å². The number of benzene rings is 3. The van der Waals surface area contributed by atoms with E-state index in [2.05, 4.69) is 5.32 Å². The maximum Gasteiger partial charge on any atom is 0.333 e. The van der Waals surface area contributed by atoms with Crippen LogP contribution in [0, 0.1) is 0 Å². The van der Waals surface area contributed by atoms with Gasteiger partial charge in [0.1, 0.15) is 0 Å². The largest absolute Gasteiger partial charge is 0.467 e. The first kappa shape index (κ1) is 19.6. The highest BCUT2D eigenvalue weighted by Crippen LogP contribution is 2.29. The zero-order chi connectivity index (χ0) is 20.1. The monoisotopic (exact) mass is 377 g/mol. The van der Waals surface area contributed by atoms with Crippen molar-refractivity contribution < 1.29 is 19.1 Å². The summed E-state index contributed by atoms with van der Waals surface area (Å²) >= 11 is 0. The Bertz CT molecular complexity index is 986. The highest BCUT2D eigenvalue weighted by Gasteiger charge is 2.38. The Labute approximate surface area is 164 Å². The van der Waals surface area contributed by atoms with Crippen LogP contribution in [0.2, 0.25) is 0 Å². The number of ether oxygens (including phenoxy) is 2. The van der Waals surface area contributed by atoms with Gasteiger partial charge >= 0.3 is 5.97 Å². The van der Waals surface area contributed by atoms with E-state index in [4.69, 9.17) is 9.47 Å². The SMILES string of the molecule is COC(=O)[C@H](NC(=O)[C@](C)(OC)c1ccc2ccccc2c1)c1ccccc1. The molecule has 0 aliphatic rings. The van der Waals surface area contributed by atoms with Gasteiger partial charge in [0, 0.05) is 7.11 Å². The molecule has 2 atom stereocenters. The molecule has 0 radical (unpaired) electrons. The lowest BCUT2D eigenvalue weighted by Gasteiger charge is -2.29. The molecule has 0 aromatic heterocycles. The van der Waals surface area contributed by atoms with Crippen LogP contribution >= 0.6 is 0 Å². The minimum atomic E-state index is -1.27. The van der Waals surface area contributed by atoms with E-state index in [0.717, 1.165) is 10.8 Å². The molecular weight excluding hydrogens is 354 g/mol. The number of carbonyl (C=O) groups excluding carboxylic acids is 2. The Morgan fingerprint density at radius 2 is 1.54 bits per heavy atom. The predicted molar refractivity (Wildman–Crippen MR) is 108 cm³/mol. The Hall–Kier alpha value is -3.18. The summed E-state index contributed by atoms with van der Waals surface area (Å²) in [6, 6.07) is 21.7. The third-order valence-electron chi connectivity index (χ3n) is 4.99. The molecule has 3 aromatic carbocycles. The summed E-state index contributed by atoms with van der Waals surface area (Å²) in [6.45, 7) is 1.69. The third kappa shape index (κ3) is 3.75. The van der Waals surface area contributed by atoms with Gasteiger partial charge in [0.2, 0.25) is 0 Å². The zero-order valence-electron chi connectivity index (χ0n) is 16.1. The molecular formula is C23H23NO4. The maximum absolute atomic E-state index is 13.2. The van der Waals surface area contributed by atoms with Crippen LogP contribution in [0.15, 0.2) is 72.8 Å². The molecule has 0 spiro atoms. The lowest BCUT2D eigenvalue weighted by atomic mass is 9.91. The third-order valence-corrected chi connectivity index (χ3v) is 4.99. The zero-order valence-corrected chi connectivity index (χ0v) is 16.1. The van der Waals surface area contributed by atoms with E-state index in [9.17, 15) is 9.59 Å². The molecule has 1 amide bonds. The summed E-state index contributed by atoms with van der Waals surface area (Å²) in [4.78, 5) is 25.5. The van der Waals surface area contributed by atoms with Gasteiger partial charge in [-0.1, -0.05) is 66.7 Å². The molecule has 0 unspecified atom stereocenters. The first-order chi connectivity index (χ1) is 13.5. The number of fused-ring (bicyclic) bond motifs is 1. The van der Waals surface area contributed by atoms with E-state index in [1.807, 2.05) is 48.5 Å². The normalized spacial score (nSPS) is 14.1. The molecule has 0 saturated carbocycles. The molecule has 5 heteroatoms. The second kappa shape index (κ2) is 8.23. The van der Waals surface area contributed by atoms with Crippen LogP contribution in [0.25, 0.3) is 10.8 Å². The van der Waals surface area contributed by atoms with Gasteiger partial charge in [-0.05, 0) is 34.9 Å². The molecule has 0 bridgehead atoms. The van der Waals surface area contributed by atoms with Gasteiger partial charge in [-0.15, -0.1) is 0 Å². The summed E-state index contributed by atoms with van der Waals surface area (Å²) < 4.78 is 10.5. The number of amides is 1. The van der Waals surface area contributed by atoms with E-state index in [0.29, 0.717) is 11.1 Å². The minimum Gasteiger partial charge on any atom is -0.467 e. The van der Waals surface area contributed by atoms with Crippen LogP contribution in [0.1, 0.15) is 24.1 Å². The Morgan fingerprint density at radius 1 is 0.893 bits per heavy atom. The average molecular weight is 377 g/mol. The van der Waals surface area contributed by atoms with Crippen LogP contribution in [-0.4, -0.2) is 26.1 Å². The highest BCUT2D eigenvalue weighted by molar-refractivity contribution is 5.92. The van der Waals surface area contributed by atoms with Crippen molar-refractivity contribution in [2.24, 2.45) is 0 Å². The summed E-state index contributed by atoms with van der Waals surface area (Å²) in [5.74, 6) is -0.971. The van der Waals surface area contributed by atoms with Crippen LogP contribution < -0.4 is 5.32 Å².